The van der Waals surface area contributed by atoms with Crippen molar-refractivity contribution in [3.8, 4) is 0 Å². The van der Waals surface area contributed by atoms with Crippen LogP contribution in [0, 0.1) is 6.92 Å². The largest absolute Gasteiger partial charge is 0.301 e. The molecule has 0 saturated carbocycles. The van der Waals surface area contributed by atoms with E-state index >= 15 is 0 Å². The van der Waals surface area contributed by atoms with Crippen molar-refractivity contribution < 1.29 is 4.79 Å². The average molecular weight is 459 g/mol. The van der Waals surface area contributed by atoms with Gasteiger partial charge >= 0.3 is 0 Å². The number of aromatic nitrogens is 2. The number of H-pyrrole nitrogens is 1. The van der Waals surface area contributed by atoms with Crippen LogP contribution in [-0.2, 0) is 5.75 Å². The molecule has 0 bridgehead atoms. The zero-order valence-corrected chi connectivity index (χ0v) is 19.2. The van der Waals surface area contributed by atoms with Gasteiger partial charge in [-0.25, -0.2) is 4.98 Å². The van der Waals surface area contributed by atoms with Crippen molar-refractivity contribution >= 4 is 29.3 Å². The smallest absolute Gasteiger partial charge is 0.251 e. The number of hydrogen-bond donors (Lipinski definition) is 1. The van der Waals surface area contributed by atoms with E-state index in [1.807, 2.05) is 60.7 Å². The molecule has 1 heterocycles. The van der Waals surface area contributed by atoms with Gasteiger partial charge in [0.05, 0.1) is 5.69 Å². The summed E-state index contributed by atoms with van der Waals surface area (Å²) in [4.78, 5) is 34.2. The Bertz CT molecular complexity index is 1240. The maximum absolute atomic E-state index is 13.3. The summed E-state index contributed by atoms with van der Waals surface area (Å²) in [5, 5.41) is -0.0723. The molecule has 0 aliphatic rings. The molecule has 160 valence electrons. The molecule has 1 unspecified atom stereocenters. The van der Waals surface area contributed by atoms with E-state index in [2.05, 4.69) is 41.2 Å². The number of Topliss-reactive ketones (excluding diaryl/α,β-unsaturated/α-hetero) is 1. The van der Waals surface area contributed by atoms with Gasteiger partial charge in [0.2, 0.25) is 0 Å². The second-order valence-electron chi connectivity index (χ2n) is 7.28. The van der Waals surface area contributed by atoms with Gasteiger partial charge in [0.1, 0.15) is 5.25 Å². The lowest BCUT2D eigenvalue weighted by Crippen LogP contribution is -2.14. The summed E-state index contributed by atoms with van der Waals surface area (Å²) in [5.41, 5.74) is 3.16. The van der Waals surface area contributed by atoms with Gasteiger partial charge in [-0.2, -0.15) is 0 Å². The van der Waals surface area contributed by atoms with E-state index in [1.165, 1.54) is 23.4 Å². The van der Waals surface area contributed by atoms with E-state index in [1.54, 1.807) is 11.8 Å². The molecule has 1 N–H and O–H groups in total. The van der Waals surface area contributed by atoms with Crippen LogP contribution in [0.1, 0.15) is 32.4 Å². The summed E-state index contributed by atoms with van der Waals surface area (Å²) < 4.78 is 0. The molecule has 1 atom stereocenters. The first-order chi connectivity index (χ1) is 15.6. The van der Waals surface area contributed by atoms with Gasteiger partial charge in [0, 0.05) is 22.3 Å². The molecule has 0 saturated heterocycles. The maximum Gasteiger partial charge on any atom is 0.251 e. The fourth-order valence-corrected chi connectivity index (χ4v) is 5.05. The van der Waals surface area contributed by atoms with Crippen molar-refractivity contribution in [2.45, 2.75) is 28.0 Å². The number of thioether (sulfide) groups is 2. The molecule has 0 radical (unpaired) electrons. The standard InChI is InChI=1S/C26H22N2O2S2/c1-18-12-14-22(15-13-18)31-17-21-16-23(29)28-26(27-21)32-25(20-10-6-3-7-11-20)24(30)19-8-4-2-5-9-19/h2-16,25H,17H2,1H3,(H,27,28,29). The minimum Gasteiger partial charge on any atom is -0.301 e. The summed E-state index contributed by atoms with van der Waals surface area (Å²) in [7, 11) is 0. The molecule has 0 aliphatic heterocycles. The van der Waals surface area contributed by atoms with E-state index < -0.39 is 5.25 Å². The van der Waals surface area contributed by atoms with Crippen LogP contribution in [0.5, 0.6) is 0 Å². The van der Waals surface area contributed by atoms with Crippen LogP contribution in [0.2, 0.25) is 0 Å². The van der Waals surface area contributed by atoms with Gasteiger partial charge in [0.25, 0.3) is 5.56 Å². The zero-order chi connectivity index (χ0) is 22.3. The molecule has 1 aromatic heterocycles. The lowest BCUT2D eigenvalue weighted by Gasteiger charge is -2.16. The number of hydrogen-bond acceptors (Lipinski definition) is 5. The van der Waals surface area contributed by atoms with Gasteiger partial charge in [-0.15, -0.1) is 11.8 Å². The Morgan fingerprint density at radius 3 is 2.28 bits per heavy atom. The third kappa shape index (κ3) is 5.78. The summed E-state index contributed by atoms with van der Waals surface area (Å²) in [6.07, 6.45) is 0. The Morgan fingerprint density at radius 2 is 1.59 bits per heavy atom. The average Bonchev–Trinajstić information content (AvgIpc) is 2.82. The predicted molar refractivity (Wildman–Crippen MR) is 131 cm³/mol. The molecule has 4 rings (SSSR count). The lowest BCUT2D eigenvalue weighted by molar-refractivity contribution is 0.0989. The molecular weight excluding hydrogens is 436 g/mol. The third-order valence-corrected chi connectivity index (χ3v) is 6.99. The predicted octanol–water partition coefficient (Wildman–Crippen LogP) is 6.09. The molecule has 0 fully saturated rings. The number of aromatic amines is 1. The van der Waals surface area contributed by atoms with E-state index in [9.17, 15) is 9.59 Å². The number of rotatable bonds is 8. The van der Waals surface area contributed by atoms with Crippen LogP contribution in [-0.4, -0.2) is 15.8 Å². The highest BCUT2D eigenvalue weighted by Gasteiger charge is 2.24. The van der Waals surface area contributed by atoms with E-state index in [4.69, 9.17) is 0 Å². The highest BCUT2D eigenvalue weighted by molar-refractivity contribution is 8.00. The Kier molecular flexibility index (Phi) is 7.24. The van der Waals surface area contributed by atoms with Gasteiger partial charge in [-0.3, -0.25) is 9.59 Å². The molecule has 6 heteroatoms. The summed E-state index contributed by atoms with van der Waals surface area (Å²) in [6, 6.07) is 28.6. The molecular formula is C26H22N2O2S2. The van der Waals surface area contributed by atoms with Crippen molar-refractivity contribution in [3.05, 3.63) is 124 Å². The number of carbonyl (C=O) groups is 1. The van der Waals surface area contributed by atoms with Crippen LogP contribution >= 0.6 is 23.5 Å². The first kappa shape index (κ1) is 22.1. The Morgan fingerprint density at radius 1 is 0.938 bits per heavy atom. The Labute approximate surface area is 195 Å². The van der Waals surface area contributed by atoms with Crippen LogP contribution in [0.3, 0.4) is 0 Å². The Balaban J connectivity index is 1.58. The van der Waals surface area contributed by atoms with Crippen LogP contribution in [0.4, 0.5) is 0 Å². The topological polar surface area (TPSA) is 62.8 Å². The molecule has 4 nitrogen and oxygen atoms in total. The molecule has 0 spiro atoms. The number of nitrogens with zero attached hydrogens (tertiary/aromatic N) is 1. The van der Waals surface area contributed by atoms with Crippen LogP contribution in [0.25, 0.3) is 0 Å². The third-order valence-electron chi connectivity index (χ3n) is 4.81. The number of aryl methyl sites for hydroxylation is 1. The minimum absolute atomic E-state index is 0.0242. The fourth-order valence-electron chi connectivity index (χ4n) is 3.17. The van der Waals surface area contributed by atoms with E-state index in [0.29, 0.717) is 22.2 Å². The summed E-state index contributed by atoms with van der Waals surface area (Å²) in [6.45, 7) is 2.05. The highest BCUT2D eigenvalue weighted by atomic mass is 32.2. The van der Waals surface area contributed by atoms with Crippen molar-refractivity contribution in [2.75, 3.05) is 0 Å². The van der Waals surface area contributed by atoms with Crippen LogP contribution in [0.15, 0.2) is 106 Å². The quantitative estimate of drug-likeness (QED) is 0.197. The van der Waals surface area contributed by atoms with Gasteiger partial charge in [-0.05, 0) is 24.6 Å². The zero-order valence-electron chi connectivity index (χ0n) is 17.5. The lowest BCUT2D eigenvalue weighted by atomic mass is 10.0. The molecule has 0 amide bonds. The second-order valence-corrected chi connectivity index (χ2v) is 9.43. The van der Waals surface area contributed by atoms with Gasteiger partial charge < -0.3 is 4.98 Å². The van der Waals surface area contributed by atoms with Gasteiger partial charge in [0.15, 0.2) is 10.9 Å². The minimum atomic E-state index is -0.512. The second kappa shape index (κ2) is 10.5. The van der Waals surface area contributed by atoms with Crippen molar-refractivity contribution in [1.82, 2.24) is 9.97 Å². The SMILES string of the molecule is Cc1ccc(SCc2cc(=O)[nH]c(SC(C(=O)c3ccccc3)c3ccccc3)n2)cc1. The van der Waals surface area contributed by atoms with Crippen molar-refractivity contribution in [3.63, 3.8) is 0 Å². The highest BCUT2D eigenvalue weighted by Crippen LogP contribution is 2.36. The molecule has 3 aromatic carbocycles. The van der Waals surface area contributed by atoms with Crippen LogP contribution < -0.4 is 5.56 Å². The molecule has 32 heavy (non-hydrogen) atoms. The number of nitrogens with one attached hydrogen (secondary N) is 1. The number of carbonyl (C=O) groups excluding carboxylic acids is 1. The number of benzene rings is 3. The maximum atomic E-state index is 13.3. The first-order valence-electron chi connectivity index (χ1n) is 10.2. The normalized spacial score (nSPS) is 11.8. The van der Waals surface area contributed by atoms with E-state index in [-0.39, 0.29) is 11.3 Å². The molecule has 4 aromatic rings. The Hall–Kier alpha value is -3.09. The first-order valence-corrected chi connectivity index (χ1v) is 12.1. The van der Waals surface area contributed by atoms with Crippen molar-refractivity contribution in [2.24, 2.45) is 0 Å². The molecule has 0 aliphatic carbocycles. The van der Waals surface area contributed by atoms with E-state index in [0.717, 1.165) is 10.5 Å². The summed E-state index contributed by atoms with van der Waals surface area (Å²) >= 11 is 2.90. The number of ketones is 1. The monoisotopic (exact) mass is 458 g/mol. The van der Waals surface area contributed by atoms with Crippen molar-refractivity contribution in [1.29, 1.82) is 0 Å². The fraction of sp³-hybridized carbons (Fsp3) is 0.115. The van der Waals surface area contributed by atoms with Gasteiger partial charge in [-0.1, -0.05) is 90.1 Å². The summed E-state index contributed by atoms with van der Waals surface area (Å²) in [5.74, 6) is 0.548.